The van der Waals surface area contributed by atoms with E-state index in [1.165, 1.54) is 130 Å². The molecule has 0 unspecified atom stereocenters. The van der Waals surface area contributed by atoms with Crippen molar-refractivity contribution in [2.24, 2.45) is 0 Å². The minimum absolute atomic E-state index is 0.0156. The van der Waals surface area contributed by atoms with Crippen molar-refractivity contribution < 1.29 is 4.42 Å². The second-order valence-electron chi connectivity index (χ2n) is 19.0. The number of benzene rings is 8. The van der Waals surface area contributed by atoms with Gasteiger partial charge in [0.1, 0.15) is 11.2 Å². The van der Waals surface area contributed by atoms with Crippen molar-refractivity contribution in [1.29, 1.82) is 0 Å². The molecule has 0 saturated heterocycles. The Morgan fingerprint density at radius 3 is 1.46 bits per heavy atom. The summed E-state index contributed by atoms with van der Waals surface area (Å²) < 4.78 is 9.82. The minimum Gasteiger partial charge on any atom is -0.455 e. The number of furan rings is 1. The number of fused-ring (bicyclic) bond motifs is 8. The zero-order valence-electron chi connectivity index (χ0n) is 34.9. The van der Waals surface area contributed by atoms with E-state index in [1.54, 1.807) is 0 Å². The molecule has 1 nitrogen and oxygen atoms in total. The first-order valence-corrected chi connectivity index (χ1v) is 21.0. The number of thiophene rings is 1. The molecule has 0 aliphatic rings. The van der Waals surface area contributed by atoms with Gasteiger partial charge >= 0.3 is 0 Å². The predicted molar refractivity (Wildman–Crippen MR) is 247 cm³/mol. The van der Waals surface area contributed by atoms with Crippen molar-refractivity contribution in [2.75, 3.05) is 0 Å². The molecule has 56 heavy (non-hydrogen) atoms. The summed E-state index contributed by atoms with van der Waals surface area (Å²) in [7, 11) is 0. The summed E-state index contributed by atoms with van der Waals surface area (Å²) in [6, 6.07) is 33.5. The zero-order valence-corrected chi connectivity index (χ0v) is 35.7. The van der Waals surface area contributed by atoms with E-state index in [2.05, 4.69) is 168 Å². The maximum Gasteiger partial charge on any atom is 0.143 e. The van der Waals surface area contributed by atoms with Gasteiger partial charge in [0.15, 0.2) is 0 Å². The van der Waals surface area contributed by atoms with E-state index in [0.717, 1.165) is 11.2 Å². The van der Waals surface area contributed by atoms with Gasteiger partial charge in [0.25, 0.3) is 0 Å². The molecule has 0 N–H and O–H groups in total. The third-order valence-electron chi connectivity index (χ3n) is 12.6. The van der Waals surface area contributed by atoms with Crippen molar-refractivity contribution in [3.63, 3.8) is 0 Å². The van der Waals surface area contributed by atoms with Crippen LogP contribution in [-0.2, 0) is 10.8 Å². The quantitative estimate of drug-likeness (QED) is 0.161. The molecule has 10 aromatic rings. The lowest BCUT2D eigenvalue weighted by atomic mass is 9.81. The Hall–Kier alpha value is -5.18. The van der Waals surface area contributed by atoms with Crippen molar-refractivity contribution in [3.8, 4) is 22.3 Å². The van der Waals surface area contributed by atoms with E-state index in [4.69, 9.17) is 4.42 Å². The number of aryl methyl sites for hydroxylation is 6. The maximum absolute atomic E-state index is 7.11. The van der Waals surface area contributed by atoms with Crippen LogP contribution in [0.2, 0.25) is 0 Å². The van der Waals surface area contributed by atoms with Crippen LogP contribution >= 0.6 is 11.3 Å². The van der Waals surface area contributed by atoms with Gasteiger partial charge in [0, 0.05) is 47.1 Å². The smallest absolute Gasteiger partial charge is 0.143 e. The van der Waals surface area contributed by atoms with E-state index in [1.807, 2.05) is 11.3 Å². The van der Waals surface area contributed by atoms with Crippen LogP contribution in [0.4, 0.5) is 0 Å². The highest BCUT2D eigenvalue weighted by Crippen LogP contribution is 2.53. The summed E-state index contributed by atoms with van der Waals surface area (Å²) in [5.41, 5.74) is 17.8. The number of hydrogen-bond donors (Lipinski definition) is 0. The first kappa shape index (κ1) is 35.2. The highest BCUT2D eigenvalue weighted by atomic mass is 32.1. The molecule has 0 aliphatic carbocycles. The predicted octanol–water partition coefficient (Wildman–Crippen LogP) is 16.6. The van der Waals surface area contributed by atoms with Crippen LogP contribution in [0.5, 0.6) is 0 Å². The summed E-state index contributed by atoms with van der Waals surface area (Å²) in [5, 5.41) is 12.8. The fourth-order valence-electron chi connectivity index (χ4n) is 10.1. The molecule has 10 rings (SSSR count). The molecule has 0 bridgehead atoms. The highest BCUT2D eigenvalue weighted by Gasteiger charge is 2.27. The average Bonchev–Trinajstić information content (AvgIpc) is 3.67. The first-order valence-electron chi connectivity index (χ1n) is 20.2. The normalized spacial score (nSPS) is 13.0. The van der Waals surface area contributed by atoms with Gasteiger partial charge in [0.05, 0.1) is 0 Å². The third-order valence-corrected chi connectivity index (χ3v) is 13.8. The van der Waals surface area contributed by atoms with Crippen molar-refractivity contribution in [1.82, 2.24) is 0 Å². The van der Waals surface area contributed by atoms with Gasteiger partial charge in [-0.15, -0.1) is 11.3 Å². The van der Waals surface area contributed by atoms with E-state index >= 15 is 0 Å². The van der Waals surface area contributed by atoms with Gasteiger partial charge < -0.3 is 4.42 Å². The molecule has 8 aromatic carbocycles. The average molecular weight is 747 g/mol. The fraction of sp³-hybridized carbons (Fsp3) is 0.259. The SMILES string of the molecule is Cc1cc(C)c(-c2cc3c4sc5cc(C(C)(C)C)ccc5c4cc4c(-c5c(C)cc(C)cc5C)cc5c6oc7cc(C(C)(C)C)ccc7c6cc2c5c43)c(C)c1. The maximum atomic E-state index is 7.11. The topological polar surface area (TPSA) is 13.1 Å². The van der Waals surface area contributed by atoms with Gasteiger partial charge in [-0.3, -0.25) is 0 Å². The molecule has 278 valence electrons. The highest BCUT2D eigenvalue weighted by molar-refractivity contribution is 7.26. The van der Waals surface area contributed by atoms with Crippen LogP contribution in [0.3, 0.4) is 0 Å². The molecule has 0 aliphatic heterocycles. The van der Waals surface area contributed by atoms with Gasteiger partial charge in [-0.1, -0.05) is 101 Å². The summed E-state index contributed by atoms with van der Waals surface area (Å²) in [4.78, 5) is 0. The lowest BCUT2D eigenvalue weighted by molar-refractivity contribution is 0.588. The summed E-state index contributed by atoms with van der Waals surface area (Å²) in [6.07, 6.45) is 0. The molecule has 0 radical (unpaired) electrons. The fourth-order valence-corrected chi connectivity index (χ4v) is 11.4. The Labute approximate surface area is 334 Å². The standard InChI is InChI=1S/C54H50OS/c1-27-17-29(3)47(30(4)18-27)37-25-43-49-39(23-41-35-15-13-33(53(7,8)9)21-45(35)55-51(41)43)38(48-31(5)19-28(2)20-32(48)6)26-44-50(49)40(37)24-42-36-16-14-34(54(10,11)12)22-46(36)56-52(42)44/h13-26H,1-12H3. The van der Waals surface area contributed by atoms with E-state index in [9.17, 15) is 0 Å². The van der Waals surface area contributed by atoms with Crippen LogP contribution in [0.1, 0.15) is 86.1 Å². The first-order chi connectivity index (χ1) is 26.5. The molecule has 0 fully saturated rings. The van der Waals surface area contributed by atoms with Crippen LogP contribution in [0.15, 0.2) is 89.3 Å². The van der Waals surface area contributed by atoms with E-state index in [0.29, 0.717) is 0 Å². The Balaban J connectivity index is 1.49. The minimum atomic E-state index is 0.0156. The Kier molecular flexibility index (Phi) is 7.35. The Bertz CT molecular complexity index is 3040. The molecule has 0 spiro atoms. The van der Waals surface area contributed by atoms with Crippen LogP contribution in [-0.4, -0.2) is 0 Å². The summed E-state index contributed by atoms with van der Waals surface area (Å²) >= 11 is 1.96. The summed E-state index contributed by atoms with van der Waals surface area (Å²) in [5.74, 6) is 0. The molecule has 0 amide bonds. The largest absolute Gasteiger partial charge is 0.455 e. The molecule has 2 aromatic heterocycles. The molecule has 0 atom stereocenters. The Morgan fingerprint density at radius 1 is 0.429 bits per heavy atom. The molecule has 2 heteroatoms. The second kappa shape index (κ2) is 11.7. The van der Waals surface area contributed by atoms with Gasteiger partial charge in [-0.25, -0.2) is 0 Å². The van der Waals surface area contributed by atoms with Crippen molar-refractivity contribution in [2.45, 2.75) is 93.9 Å². The molecular weight excluding hydrogens is 697 g/mol. The van der Waals surface area contributed by atoms with E-state index < -0.39 is 0 Å². The van der Waals surface area contributed by atoms with Gasteiger partial charge in [-0.2, -0.15) is 0 Å². The van der Waals surface area contributed by atoms with Crippen molar-refractivity contribution >= 4 is 85.8 Å². The van der Waals surface area contributed by atoms with Crippen molar-refractivity contribution in [3.05, 3.63) is 129 Å². The molecule has 2 heterocycles. The van der Waals surface area contributed by atoms with Crippen LogP contribution in [0, 0.1) is 41.5 Å². The number of rotatable bonds is 2. The second-order valence-corrected chi connectivity index (χ2v) is 20.0. The third kappa shape index (κ3) is 5.04. The van der Waals surface area contributed by atoms with Gasteiger partial charge in [-0.05, 0) is 161 Å². The Morgan fingerprint density at radius 2 is 0.911 bits per heavy atom. The molecule has 0 saturated carbocycles. The molecular formula is C54H50OS. The lowest BCUT2D eigenvalue weighted by Gasteiger charge is -2.22. The number of hydrogen-bond acceptors (Lipinski definition) is 2. The van der Waals surface area contributed by atoms with Gasteiger partial charge in [0.2, 0.25) is 0 Å². The van der Waals surface area contributed by atoms with Crippen LogP contribution < -0.4 is 0 Å². The monoisotopic (exact) mass is 746 g/mol. The summed E-state index contributed by atoms with van der Waals surface area (Å²) in [6.45, 7) is 27.4. The van der Waals surface area contributed by atoms with E-state index in [-0.39, 0.29) is 10.8 Å². The lowest BCUT2D eigenvalue weighted by Crippen LogP contribution is -2.10. The van der Waals surface area contributed by atoms with Crippen LogP contribution in [0.25, 0.3) is 96.7 Å². The zero-order chi connectivity index (χ0) is 39.3.